The van der Waals surface area contributed by atoms with E-state index in [1.165, 1.54) is 11.1 Å². The molecule has 2 rings (SSSR count). The van der Waals surface area contributed by atoms with Crippen LogP contribution in [0, 0.1) is 5.92 Å². The molecule has 0 fully saturated rings. The summed E-state index contributed by atoms with van der Waals surface area (Å²) in [7, 11) is 2.08. The molecule has 0 radical (unpaired) electrons. The molecule has 20 heavy (non-hydrogen) atoms. The zero-order chi connectivity index (χ0) is 14.5. The van der Waals surface area contributed by atoms with Crippen LogP contribution in [0.4, 0.5) is 11.4 Å². The zero-order valence-corrected chi connectivity index (χ0v) is 12.6. The number of rotatable bonds is 5. The van der Waals surface area contributed by atoms with Crippen molar-refractivity contribution in [1.82, 2.24) is 0 Å². The van der Waals surface area contributed by atoms with Crippen LogP contribution in [0.5, 0.6) is 0 Å². The van der Waals surface area contributed by atoms with Gasteiger partial charge in [-0.2, -0.15) is 0 Å². The molecule has 0 aliphatic rings. The average molecular weight is 268 g/mol. The van der Waals surface area contributed by atoms with Gasteiger partial charge in [-0.25, -0.2) is 0 Å². The fourth-order valence-corrected chi connectivity index (χ4v) is 2.45. The summed E-state index contributed by atoms with van der Waals surface area (Å²) in [5.41, 5.74) is 10.6. The lowest BCUT2D eigenvalue weighted by Crippen LogP contribution is -2.17. The van der Waals surface area contributed by atoms with Crippen molar-refractivity contribution in [3.63, 3.8) is 0 Å². The highest BCUT2D eigenvalue weighted by Gasteiger charge is 2.05. The van der Waals surface area contributed by atoms with E-state index in [4.69, 9.17) is 5.73 Å². The highest BCUT2D eigenvalue weighted by molar-refractivity contribution is 5.66. The van der Waals surface area contributed by atoms with Gasteiger partial charge < -0.3 is 10.6 Å². The molecule has 0 saturated carbocycles. The molecule has 2 aromatic carbocycles. The van der Waals surface area contributed by atoms with Gasteiger partial charge in [0, 0.05) is 13.6 Å². The van der Waals surface area contributed by atoms with Crippen LogP contribution in [0.1, 0.15) is 25.0 Å². The Morgan fingerprint density at radius 3 is 2.15 bits per heavy atom. The topological polar surface area (TPSA) is 29.3 Å². The molecule has 0 unspecified atom stereocenters. The largest absolute Gasteiger partial charge is 0.397 e. The van der Waals surface area contributed by atoms with Gasteiger partial charge in [0.05, 0.1) is 11.4 Å². The van der Waals surface area contributed by atoms with Crippen LogP contribution in [0.15, 0.2) is 48.5 Å². The number of para-hydroxylation sites is 2. The first-order valence-electron chi connectivity index (χ1n) is 7.19. The summed E-state index contributed by atoms with van der Waals surface area (Å²) < 4.78 is 0. The van der Waals surface area contributed by atoms with Crippen LogP contribution < -0.4 is 10.6 Å². The second-order valence-corrected chi connectivity index (χ2v) is 5.83. The summed E-state index contributed by atoms with van der Waals surface area (Å²) in [5, 5.41) is 0. The van der Waals surface area contributed by atoms with Gasteiger partial charge in [0.2, 0.25) is 0 Å². The monoisotopic (exact) mass is 268 g/mol. The maximum absolute atomic E-state index is 6.01. The van der Waals surface area contributed by atoms with Crippen LogP contribution >= 0.6 is 0 Å². The molecule has 106 valence electrons. The van der Waals surface area contributed by atoms with Gasteiger partial charge in [0.1, 0.15) is 0 Å². The Morgan fingerprint density at radius 2 is 1.55 bits per heavy atom. The Kier molecular flexibility index (Phi) is 4.67. The fraction of sp³-hybridized carbons (Fsp3) is 0.333. The molecule has 0 bridgehead atoms. The van der Waals surface area contributed by atoms with Crippen LogP contribution in [0.25, 0.3) is 0 Å². The van der Waals surface area contributed by atoms with Gasteiger partial charge in [0.15, 0.2) is 0 Å². The summed E-state index contributed by atoms with van der Waals surface area (Å²) in [6, 6.07) is 16.9. The molecule has 0 amide bonds. The van der Waals surface area contributed by atoms with Gasteiger partial charge in [-0.3, -0.25) is 0 Å². The molecule has 0 saturated heterocycles. The van der Waals surface area contributed by atoms with Crippen molar-refractivity contribution in [3.8, 4) is 0 Å². The summed E-state index contributed by atoms with van der Waals surface area (Å²) in [5.74, 6) is 0.702. The van der Waals surface area contributed by atoms with Crippen LogP contribution in [-0.2, 0) is 13.0 Å². The van der Waals surface area contributed by atoms with Crippen molar-refractivity contribution in [2.75, 3.05) is 17.7 Å². The van der Waals surface area contributed by atoms with Gasteiger partial charge in [-0.1, -0.05) is 50.2 Å². The quantitative estimate of drug-likeness (QED) is 0.827. The van der Waals surface area contributed by atoms with E-state index in [-0.39, 0.29) is 0 Å². The normalized spacial score (nSPS) is 10.8. The molecule has 2 heteroatoms. The highest BCUT2D eigenvalue weighted by Crippen LogP contribution is 2.22. The Morgan fingerprint density at radius 1 is 0.950 bits per heavy atom. The molecule has 0 aromatic heterocycles. The summed E-state index contributed by atoms with van der Waals surface area (Å²) >= 11 is 0. The first kappa shape index (κ1) is 14.4. The Balaban J connectivity index is 2.05. The van der Waals surface area contributed by atoms with E-state index in [9.17, 15) is 0 Å². The van der Waals surface area contributed by atoms with Crippen LogP contribution in [0.3, 0.4) is 0 Å². The maximum Gasteiger partial charge on any atom is 0.0600 e. The third-order valence-electron chi connectivity index (χ3n) is 3.43. The molecule has 0 aliphatic carbocycles. The van der Waals surface area contributed by atoms with E-state index < -0.39 is 0 Å². The number of benzene rings is 2. The number of nitrogens with zero attached hydrogens (tertiary/aromatic N) is 1. The molecule has 0 atom stereocenters. The Bertz CT molecular complexity index is 544. The predicted octanol–water partition coefficient (Wildman–Crippen LogP) is 4.10. The Hall–Kier alpha value is -1.96. The van der Waals surface area contributed by atoms with Crippen molar-refractivity contribution in [2.45, 2.75) is 26.8 Å². The third-order valence-corrected chi connectivity index (χ3v) is 3.43. The van der Waals surface area contributed by atoms with Crippen molar-refractivity contribution in [3.05, 3.63) is 59.7 Å². The van der Waals surface area contributed by atoms with E-state index in [1.807, 2.05) is 18.2 Å². The van der Waals surface area contributed by atoms with Crippen LogP contribution in [-0.4, -0.2) is 7.05 Å². The minimum absolute atomic E-state index is 0.702. The second-order valence-electron chi connectivity index (χ2n) is 5.83. The highest BCUT2D eigenvalue weighted by atomic mass is 15.1. The van der Waals surface area contributed by atoms with E-state index in [2.05, 4.69) is 56.1 Å². The number of hydrogen-bond acceptors (Lipinski definition) is 2. The lowest BCUT2D eigenvalue weighted by Gasteiger charge is -2.21. The van der Waals surface area contributed by atoms with Crippen molar-refractivity contribution in [2.24, 2.45) is 5.92 Å². The van der Waals surface area contributed by atoms with Crippen LogP contribution in [0.2, 0.25) is 0 Å². The van der Waals surface area contributed by atoms with E-state index in [0.717, 1.165) is 24.3 Å². The standard InChI is InChI=1S/C18H24N2/c1-14(2)12-15-8-10-16(11-9-15)13-20(3)18-7-5-4-6-17(18)19/h4-11,14H,12-13,19H2,1-3H3. The van der Waals surface area contributed by atoms with Crippen molar-refractivity contribution >= 4 is 11.4 Å². The number of hydrogen-bond donors (Lipinski definition) is 1. The zero-order valence-electron chi connectivity index (χ0n) is 12.6. The SMILES string of the molecule is CC(C)Cc1ccc(CN(C)c2ccccc2N)cc1. The molecule has 2 nitrogen and oxygen atoms in total. The van der Waals surface area contributed by atoms with E-state index in [1.54, 1.807) is 0 Å². The number of anilines is 2. The van der Waals surface area contributed by atoms with Crippen molar-refractivity contribution < 1.29 is 0 Å². The molecule has 2 aromatic rings. The molecule has 2 N–H and O–H groups in total. The third kappa shape index (κ3) is 3.77. The van der Waals surface area contributed by atoms with Gasteiger partial charge in [-0.05, 0) is 35.6 Å². The Labute approximate surface area is 122 Å². The van der Waals surface area contributed by atoms with Gasteiger partial charge in [-0.15, -0.1) is 0 Å². The minimum Gasteiger partial charge on any atom is -0.397 e. The summed E-state index contributed by atoms with van der Waals surface area (Å²) in [4.78, 5) is 2.19. The van der Waals surface area contributed by atoms with Gasteiger partial charge in [0.25, 0.3) is 0 Å². The summed E-state index contributed by atoms with van der Waals surface area (Å²) in [6.45, 7) is 5.37. The molecule has 0 spiro atoms. The molecular formula is C18H24N2. The minimum atomic E-state index is 0.702. The fourth-order valence-electron chi connectivity index (χ4n) is 2.45. The molecular weight excluding hydrogens is 244 g/mol. The molecule has 0 aliphatic heterocycles. The predicted molar refractivity (Wildman–Crippen MR) is 87.9 cm³/mol. The second kappa shape index (κ2) is 6.47. The maximum atomic E-state index is 6.01. The lowest BCUT2D eigenvalue weighted by atomic mass is 10.0. The number of nitrogens with two attached hydrogens (primary N) is 1. The lowest BCUT2D eigenvalue weighted by molar-refractivity contribution is 0.647. The van der Waals surface area contributed by atoms with E-state index in [0.29, 0.717) is 5.92 Å². The van der Waals surface area contributed by atoms with E-state index >= 15 is 0 Å². The van der Waals surface area contributed by atoms with Crippen molar-refractivity contribution in [1.29, 1.82) is 0 Å². The smallest absolute Gasteiger partial charge is 0.0600 e. The summed E-state index contributed by atoms with van der Waals surface area (Å²) in [6.07, 6.45) is 1.14. The van der Waals surface area contributed by atoms with Gasteiger partial charge >= 0.3 is 0 Å². The number of nitrogen functional groups attached to an aromatic ring is 1. The first-order valence-corrected chi connectivity index (χ1v) is 7.19. The average Bonchev–Trinajstić information content (AvgIpc) is 2.41. The first-order chi connectivity index (χ1) is 9.56. The molecule has 0 heterocycles.